The third-order valence-corrected chi connectivity index (χ3v) is 5.00. The SMILES string of the molecule is c1cc(OC2CCCSC2)cc(C2CCNC2)c1. The number of rotatable bonds is 3. The number of thioether (sulfide) groups is 1. The van der Waals surface area contributed by atoms with Gasteiger partial charge in [-0.15, -0.1) is 0 Å². The maximum absolute atomic E-state index is 6.11. The second-order valence-corrected chi connectivity index (χ2v) is 6.37. The predicted molar refractivity (Wildman–Crippen MR) is 77.6 cm³/mol. The van der Waals surface area contributed by atoms with Gasteiger partial charge >= 0.3 is 0 Å². The fourth-order valence-electron chi connectivity index (χ4n) is 2.78. The molecule has 2 aliphatic heterocycles. The van der Waals surface area contributed by atoms with Crippen molar-refractivity contribution in [3.63, 3.8) is 0 Å². The fraction of sp³-hybridized carbons (Fsp3) is 0.600. The van der Waals surface area contributed by atoms with E-state index in [-0.39, 0.29) is 0 Å². The van der Waals surface area contributed by atoms with Crippen molar-refractivity contribution in [2.24, 2.45) is 0 Å². The van der Waals surface area contributed by atoms with Gasteiger partial charge in [-0.1, -0.05) is 12.1 Å². The molecule has 0 aliphatic carbocycles. The van der Waals surface area contributed by atoms with Crippen molar-refractivity contribution in [1.29, 1.82) is 0 Å². The van der Waals surface area contributed by atoms with Crippen LogP contribution in [0, 0.1) is 0 Å². The van der Waals surface area contributed by atoms with Crippen LogP contribution in [-0.4, -0.2) is 30.7 Å². The van der Waals surface area contributed by atoms with Crippen LogP contribution in [0.4, 0.5) is 0 Å². The quantitative estimate of drug-likeness (QED) is 0.905. The molecule has 18 heavy (non-hydrogen) atoms. The molecule has 0 aromatic heterocycles. The smallest absolute Gasteiger partial charge is 0.120 e. The minimum Gasteiger partial charge on any atom is -0.490 e. The zero-order valence-electron chi connectivity index (χ0n) is 10.7. The van der Waals surface area contributed by atoms with E-state index in [1.807, 2.05) is 11.8 Å². The number of hydrogen-bond donors (Lipinski definition) is 1. The second kappa shape index (κ2) is 5.98. The van der Waals surface area contributed by atoms with E-state index < -0.39 is 0 Å². The molecule has 0 amide bonds. The van der Waals surface area contributed by atoms with Gasteiger partial charge in [0.05, 0.1) is 0 Å². The van der Waals surface area contributed by atoms with Crippen molar-refractivity contribution in [1.82, 2.24) is 5.32 Å². The molecule has 2 aliphatic rings. The molecule has 3 rings (SSSR count). The Morgan fingerprint density at radius 2 is 2.28 bits per heavy atom. The molecule has 2 atom stereocenters. The van der Waals surface area contributed by atoms with Crippen molar-refractivity contribution in [3.05, 3.63) is 29.8 Å². The van der Waals surface area contributed by atoms with Gasteiger partial charge in [0.1, 0.15) is 11.9 Å². The average molecular weight is 263 g/mol. The Bertz CT molecular complexity index is 384. The Labute approximate surface area is 113 Å². The lowest BCUT2D eigenvalue weighted by molar-refractivity contribution is 0.211. The number of ether oxygens (including phenoxy) is 1. The summed E-state index contributed by atoms with van der Waals surface area (Å²) >= 11 is 2.02. The Morgan fingerprint density at radius 3 is 3.06 bits per heavy atom. The van der Waals surface area contributed by atoms with Crippen molar-refractivity contribution in [2.75, 3.05) is 24.6 Å². The first kappa shape index (κ1) is 12.4. The summed E-state index contributed by atoms with van der Waals surface area (Å²) in [4.78, 5) is 0. The molecule has 2 fully saturated rings. The van der Waals surface area contributed by atoms with E-state index in [1.165, 1.54) is 30.6 Å². The lowest BCUT2D eigenvalue weighted by atomic mass is 9.98. The molecule has 2 saturated heterocycles. The third-order valence-electron chi connectivity index (χ3n) is 3.81. The standard InChI is InChI=1S/C15H21NOS/c1-3-12(13-6-7-16-10-13)9-14(4-1)17-15-5-2-8-18-11-15/h1,3-4,9,13,15-16H,2,5-8,10-11H2. The lowest BCUT2D eigenvalue weighted by Crippen LogP contribution is -2.23. The van der Waals surface area contributed by atoms with Crippen molar-refractivity contribution >= 4 is 11.8 Å². The van der Waals surface area contributed by atoms with Crippen LogP contribution in [0.15, 0.2) is 24.3 Å². The minimum atomic E-state index is 0.417. The van der Waals surface area contributed by atoms with Gasteiger partial charge in [0.25, 0.3) is 0 Å². The van der Waals surface area contributed by atoms with Gasteiger partial charge in [0, 0.05) is 12.3 Å². The van der Waals surface area contributed by atoms with E-state index >= 15 is 0 Å². The van der Waals surface area contributed by atoms with E-state index in [1.54, 1.807) is 0 Å². The normalized spacial score (nSPS) is 28.2. The predicted octanol–water partition coefficient (Wildman–Crippen LogP) is 3.04. The highest BCUT2D eigenvalue weighted by Gasteiger charge is 2.18. The van der Waals surface area contributed by atoms with Crippen LogP contribution in [-0.2, 0) is 0 Å². The summed E-state index contributed by atoms with van der Waals surface area (Å²) in [6, 6.07) is 8.72. The third kappa shape index (κ3) is 3.01. The van der Waals surface area contributed by atoms with E-state index in [4.69, 9.17) is 4.74 Å². The highest BCUT2D eigenvalue weighted by Crippen LogP contribution is 2.27. The summed E-state index contributed by atoms with van der Waals surface area (Å²) in [6.45, 7) is 2.26. The van der Waals surface area contributed by atoms with E-state index in [0.717, 1.165) is 24.6 Å². The lowest BCUT2D eigenvalue weighted by Gasteiger charge is -2.23. The zero-order valence-corrected chi connectivity index (χ0v) is 11.5. The molecule has 2 unspecified atom stereocenters. The van der Waals surface area contributed by atoms with Crippen molar-refractivity contribution in [3.8, 4) is 5.75 Å². The Morgan fingerprint density at radius 1 is 1.28 bits per heavy atom. The van der Waals surface area contributed by atoms with Gasteiger partial charge in [-0.2, -0.15) is 11.8 Å². The number of benzene rings is 1. The zero-order chi connectivity index (χ0) is 12.2. The van der Waals surface area contributed by atoms with Gasteiger partial charge in [-0.05, 0) is 55.2 Å². The Hall–Kier alpha value is -0.670. The van der Waals surface area contributed by atoms with E-state index in [9.17, 15) is 0 Å². The second-order valence-electron chi connectivity index (χ2n) is 5.22. The molecule has 1 N–H and O–H groups in total. The Balaban J connectivity index is 1.66. The van der Waals surface area contributed by atoms with E-state index in [2.05, 4.69) is 29.6 Å². The molecule has 0 saturated carbocycles. The van der Waals surface area contributed by atoms with E-state index in [0.29, 0.717) is 12.0 Å². The van der Waals surface area contributed by atoms with Gasteiger partial charge in [-0.3, -0.25) is 0 Å². The molecule has 0 bridgehead atoms. The van der Waals surface area contributed by atoms with Crippen LogP contribution in [0.1, 0.15) is 30.7 Å². The summed E-state index contributed by atoms with van der Waals surface area (Å²) in [5.41, 5.74) is 1.43. The van der Waals surface area contributed by atoms with Gasteiger partial charge in [0.15, 0.2) is 0 Å². The summed E-state index contributed by atoms with van der Waals surface area (Å²) in [7, 11) is 0. The fourth-order valence-corrected chi connectivity index (χ4v) is 3.81. The monoisotopic (exact) mass is 263 g/mol. The van der Waals surface area contributed by atoms with Crippen LogP contribution >= 0.6 is 11.8 Å². The molecule has 0 spiro atoms. The molecular weight excluding hydrogens is 242 g/mol. The summed E-state index contributed by atoms with van der Waals surface area (Å²) in [5.74, 6) is 4.18. The van der Waals surface area contributed by atoms with Crippen LogP contribution in [0.5, 0.6) is 5.75 Å². The van der Waals surface area contributed by atoms with Crippen molar-refractivity contribution < 1.29 is 4.74 Å². The van der Waals surface area contributed by atoms with Gasteiger partial charge in [-0.25, -0.2) is 0 Å². The summed E-state index contributed by atoms with van der Waals surface area (Å²) < 4.78 is 6.11. The first-order valence-electron chi connectivity index (χ1n) is 6.97. The number of nitrogens with one attached hydrogen (secondary N) is 1. The van der Waals surface area contributed by atoms with Crippen LogP contribution in [0.25, 0.3) is 0 Å². The maximum atomic E-state index is 6.11. The van der Waals surface area contributed by atoms with Gasteiger partial charge < -0.3 is 10.1 Å². The molecule has 3 heteroatoms. The first-order valence-corrected chi connectivity index (χ1v) is 8.12. The first-order chi connectivity index (χ1) is 8.92. The highest BCUT2D eigenvalue weighted by atomic mass is 32.2. The highest BCUT2D eigenvalue weighted by molar-refractivity contribution is 7.99. The van der Waals surface area contributed by atoms with Crippen molar-refractivity contribution in [2.45, 2.75) is 31.3 Å². The molecular formula is C15H21NOS. The molecule has 1 aromatic rings. The summed E-state index contributed by atoms with van der Waals surface area (Å²) in [5, 5.41) is 3.43. The van der Waals surface area contributed by atoms with Crippen LogP contribution < -0.4 is 10.1 Å². The van der Waals surface area contributed by atoms with Crippen LogP contribution in [0.3, 0.4) is 0 Å². The largest absolute Gasteiger partial charge is 0.490 e. The van der Waals surface area contributed by atoms with Gasteiger partial charge in [0.2, 0.25) is 0 Å². The summed E-state index contributed by atoms with van der Waals surface area (Å²) in [6.07, 6.45) is 4.17. The topological polar surface area (TPSA) is 21.3 Å². The average Bonchev–Trinajstić information content (AvgIpc) is 2.94. The number of hydrogen-bond acceptors (Lipinski definition) is 3. The minimum absolute atomic E-state index is 0.417. The molecule has 98 valence electrons. The molecule has 1 aromatic carbocycles. The Kier molecular flexibility index (Phi) is 4.11. The maximum Gasteiger partial charge on any atom is 0.120 e. The molecule has 2 heterocycles. The molecule has 2 nitrogen and oxygen atoms in total. The van der Waals surface area contributed by atoms with Crippen LogP contribution in [0.2, 0.25) is 0 Å². The molecule has 0 radical (unpaired) electrons.